The zero-order valence-electron chi connectivity index (χ0n) is 41.4. The summed E-state index contributed by atoms with van der Waals surface area (Å²) in [5, 5.41) is 16.9. The van der Waals surface area contributed by atoms with Gasteiger partial charge in [-0.3, -0.25) is 19.2 Å². The summed E-state index contributed by atoms with van der Waals surface area (Å²) in [6.07, 6.45) is 3.59. The number of β-amino-alcohol motifs (C(OH)–C–C–N with tert-alkyl or cyclic N) is 1. The largest absolute Gasteiger partial charge is 0.489 e. The molecule has 3 N–H and O–H groups in total. The monoisotopic (exact) mass is 978 g/mol. The number of nitrogens with one attached hydrogen (secondary N) is 2. The number of rotatable bonds is 18. The summed E-state index contributed by atoms with van der Waals surface area (Å²) in [4.78, 5) is 67.1. The van der Waals surface area contributed by atoms with Crippen LogP contribution >= 0.6 is 22.9 Å². The molecule has 69 heavy (non-hydrogen) atoms. The highest BCUT2D eigenvalue weighted by Gasteiger charge is 2.67. The molecule has 7 rings (SSSR count). The highest BCUT2D eigenvalue weighted by Crippen LogP contribution is 2.59. The summed E-state index contributed by atoms with van der Waals surface area (Å²) in [5.74, 6) is -0.544. The van der Waals surface area contributed by atoms with Crippen LogP contribution in [0.4, 0.5) is 5.69 Å². The second kappa shape index (κ2) is 20.9. The number of carbonyl (C=O) groups excluding carboxylic acids is 4. The van der Waals surface area contributed by atoms with Crippen molar-refractivity contribution in [2.75, 3.05) is 19.8 Å². The van der Waals surface area contributed by atoms with Crippen LogP contribution in [0.3, 0.4) is 0 Å². The molecule has 368 valence electrons. The minimum Gasteiger partial charge on any atom is -0.489 e. The van der Waals surface area contributed by atoms with E-state index < -0.39 is 35.4 Å². The molecular formula is C54H67ClN6O7S. The zero-order chi connectivity index (χ0) is 50.0. The maximum Gasteiger partial charge on any atom is 0.254 e. The highest BCUT2D eigenvalue weighted by molar-refractivity contribution is 7.13. The summed E-state index contributed by atoms with van der Waals surface area (Å²) in [6.45, 7) is 26.0. The Bertz CT molecular complexity index is 2570. The van der Waals surface area contributed by atoms with Gasteiger partial charge in [-0.25, -0.2) is 9.83 Å². The molecule has 2 aliphatic heterocycles. The van der Waals surface area contributed by atoms with Crippen molar-refractivity contribution in [2.45, 2.75) is 144 Å². The number of hydrogen-bond acceptors (Lipinski definition) is 9. The van der Waals surface area contributed by atoms with Gasteiger partial charge >= 0.3 is 0 Å². The van der Waals surface area contributed by atoms with E-state index in [4.69, 9.17) is 27.6 Å². The number of nitrogens with zero attached hydrogens (tertiary/aromatic N) is 4. The highest BCUT2D eigenvalue weighted by atomic mass is 35.5. The van der Waals surface area contributed by atoms with Crippen LogP contribution in [-0.4, -0.2) is 93.6 Å². The first kappa shape index (κ1) is 51.5. The molecule has 0 spiro atoms. The molecule has 13 nitrogen and oxygen atoms in total. The number of aromatic nitrogens is 1. The van der Waals surface area contributed by atoms with Crippen LogP contribution in [-0.2, 0) is 32.1 Å². The number of carbonyl (C=O) groups is 4. The third kappa shape index (κ3) is 11.2. The summed E-state index contributed by atoms with van der Waals surface area (Å²) >= 11 is 7.88. The first-order chi connectivity index (χ1) is 32.6. The molecule has 1 aromatic heterocycles. The Hall–Kier alpha value is -5.33. The molecule has 0 bridgehead atoms. The summed E-state index contributed by atoms with van der Waals surface area (Å²) in [6, 6.07) is 17.1. The molecule has 1 saturated heterocycles. The van der Waals surface area contributed by atoms with Gasteiger partial charge in [-0.1, -0.05) is 115 Å². The molecule has 2 fully saturated rings. The van der Waals surface area contributed by atoms with Crippen molar-refractivity contribution >= 4 is 52.3 Å². The lowest BCUT2D eigenvalue weighted by Gasteiger charge is -2.65. The number of benzene rings is 3. The van der Waals surface area contributed by atoms with Crippen LogP contribution < -0.4 is 15.4 Å². The lowest BCUT2D eigenvalue weighted by molar-refractivity contribution is -0.199. The number of hydrogen-bond donors (Lipinski definition) is 3. The van der Waals surface area contributed by atoms with Crippen molar-refractivity contribution < 1.29 is 33.8 Å². The lowest BCUT2D eigenvalue weighted by Crippen LogP contribution is -2.74. The fourth-order valence-corrected chi connectivity index (χ4v) is 12.1. The van der Waals surface area contributed by atoms with Gasteiger partial charge < -0.3 is 35.0 Å². The molecule has 3 heterocycles. The number of fused-ring (bicyclic) bond motifs is 1. The molecule has 15 heteroatoms. The van der Waals surface area contributed by atoms with Gasteiger partial charge in [-0.2, -0.15) is 0 Å². The van der Waals surface area contributed by atoms with E-state index in [1.54, 1.807) is 29.5 Å². The number of unbranched alkanes of at least 4 members (excludes halogenated alkanes) is 3. The topological polar surface area (TPSA) is 155 Å². The predicted octanol–water partition coefficient (Wildman–Crippen LogP) is 9.65. The maximum absolute atomic E-state index is 14.1. The van der Waals surface area contributed by atoms with Crippen molar-refractivity contribution in [3.05, 3.63) is 111 Å². The van der Waals surface area contributed by atoms with Crippen molar-refractivity contribution in [3.8, 4) is 16.2 Å². The molecule has 0 unspecified atom stereocenters. The van der Waals surface area contributed by atoms with Crippen LogP contribution in [0.2, 0.25) is 5.02 Å². The molecule has 1 saturated carbocycles. The molecule has 1 aliphatic carbocycles. The maximum atomic E-state index is 14.1. The summed E-state index contributed by atoms with van der Waals surface area (Å²) in [7, 11) is 0. The smallest absolute Gasteiger partial charge is 0.254 e. The molecule has 3 aliphatic rings. The molecule has 4 aromatic rings. The van der Waals surface area contributed by atoms with E-state index in [9.17, 15) is 24.3 Å². The molecule has 0 radical (unpaired) electrons. The van der Waals surface area contributed by atoms with Gasteiger partial charge in [0.2, 0.25) is 23.4 Å². The van der Waals surface area contributed by atoms with Crippen molar-refractivity contribution in [2.24, 2.45) is 16.2 Å². The third-order valence-electron chi connectivity index (χ3n) is 14.2. The quantitative estimate of drug-likeness (QED) is 0.0658. The Morgan fingerprint density at radius 1 is 1.00 bits per heavy atom. The first-order valence-corrected chi connectivity index (χ1v) is 25.3. The Balaban J connectivity index is 0.826. The fraction of sp³-hybridized carbons (Fsp3) is 0.519. The average Bonchev–Trinajstić information content (AvgIpc) is 4.00. The van der Waals surface area contributed by atoms with Gasteiger partial charge in [0, 0.05) is 48.6 Å². The van der Waals surface area contributed by atoms with Crippen molar-refractivity contribution in [3.63, 3.8) is 0 Å². The van der Waals surface area contributed by atoms with Crippen LogP contribution in [0.25, 0.3) is 15.3 Å². The Kier molecular flexibility index (Phi) is 15.6. The number of aliphatic hydroxyl groups excluding tert-OH is 1. The van der Waals surface area contributed by atoms with E-state index >= 15 is 0 Å². The third-order valence-corrected chi connectivity index (χ3v) is 15.4. The van der Waals surface area contributed by atoms with E-state index in [0.717, 1.165) is 64.9 Å². The SMILES string of the molecule is [C-]#[N+]c1ccc(OC2C(C)(C)C(N3Cc4cc(CCCCCCOCC(=O)N[C@H](C(=O)N5C[C@H](O)C[C@H]5C(=O)N[C@@H](C)c5ccc(-c6scnc6C)cc5)C(C)(C)C)ccc4C3=O)C2(C)C)cc1Cl. The minimum absolute atomic E-state index is 0.00697. The molecule has 4 atom stereocenters. The van der Waals surface area contributed by atoms with E-state index in [1.165, 1.54) is 10.5 Å². The normalized spacial score (nSPS) is 21.2. The van der Waals surface area contributed by atoms with Crippen LogP contribution in [0, 0.1) is 29.7 Å². The second-order valence-electron chi connectivity index (χ2n) is 21.3. The Labute approximate surface area is 416 Å². The average molecular weight is 980 g/mol. The zero-order valence-corrected chi connectivity index (χ0v) is 42.9. The number of amides is 4. The van der Waals surface area contributed by atoms with Gasteiger partial charge in [0.25, 0.3) is 5.91 Å². The van der Waals surface area contributed by atoms with E-state index in [0.29, 0.717) is 29.6 Å². The standard InChI is InChI=1S/C54H67ClN6O7S/c1-32(35-17-19-36(20-18-35)45-33(2)57-31-69-45)58-47(64)43-26-38(62)29-60(43)49(66)46(52(3,4)5)59-44(63)30-67-24-14-12-11-13-15-34-16-22-40-37(25-34)28-61(48(40)65)50-53(6,7)51(54(50,8)9)68-39-21-23-42(56-10)41(55)27-39/h16-23,25,27,31-32,38,43,46,50-51,62H,11-15,24,26,28-30H2,1-9H3,(H,58,64)(H,59,63)/t32-,38+,43-,46+,50?,51?/m0/s1. The molecule has 4 amide bonds. The Morgan fingerprint density at radius 2 is 1.71 bits per heavy atom. The first-order valence-electron chi connectivity index (χ1n) is 24.0. The number of thiazole rings is 1. The van der Waals surface area contributed by atoms with Gasteiger partial charge in [-0.05, 0) is 79.0 Å². The van der Waals surface area contributed by atoms with Crippen molar-refractivity contribution in [1.82, 2.24) is 25.4 Å². The second-order valence-corrected chi connectivity index (χ2v) is 22.6. The van der Waals surface area contributed by atoms with Crippen LogP contribution in [0.15, 0.2) is 66.2 Å². The number of ether oxygens (including phenoxy) is 2. The van der Waals surface area contributed by atoms with Gasteiger partial charge in [0.15, 0.2) is 0 Å². The summed E-state index contributed by atoms with van der Waals surface area (Å²) in [5.41, 5.74) is 6.77. The molecular weight excluding hydrogens is 912 g/mol. The summed E-state index contributed by atoms with van der Waals surface area (Å²) < 4.78 is 12.2. The lowest BCUT2D eigenvalue weighted by atomic mass is 9.49. The van der Waals surface area contributed by atoms with Gasteiger partial charge in [-0.15, -0.1) is 11.3 Å². The van der Waals surface area contributed by atoms with E-state index in [1.807, 2.05) is 75.4 Å². The van der Waals surface area contributed by atoms with Crippen LogP contribution in [0.5, 0.6) is 5.75 Å². The number of likely N-dealkylation sites (tertiary alicyclic amines) is 1. The predicted molar refractivity (Wildman–Crippen MR) is 269 cm³/mol. The minimum atomic E-state index is -0.944. The van der Waals surface area contributed by atoms with Gasteiger partial charge in [0.05, 0.1) is 39.8 Å². The fourth-order valence-electron chi connectivity index (χ4n) is 11.0. The number of halogens is 1. The van der Waals surface area contributed by atoms with Gasteiger partial charge in [0.1, 0.15) is 30.5 Å². The van der Waals surface area contributed by atoms with Crippen molar-refractivity contribution in [1.29, 1.82) is 0 Å². The van der Waals surface area contributed by atoms with E-state index in [2.05, 4.69) is 60.3 Å². The molecule has 3 aromatic carbocycles. The number of aliphatic hydroxyl groups is 1. The van der Waals surface area contributed by atoms with E-state index in [-0.39, 0.29) is 60.4 Å². The van der Waals surface area contributed by atoms with Crippen LogP contribution in [0.1, 0.15) is 126 Å². The Morgan fingerprint density at radius 3 is 2.36 bits per heavy atom. The number of aryl methyl sites for hydroxylation is 2.